The monoisotopic (exact) mass is 259 g/mol. The highest BCUT2D eigenvalue weighted by atomic mass is 16.6. The average Bonchev–Trinajstić information content (AvgIpc) is 3.03. The molecule has 0 bridgehead atoms. The maximum Gasteiger partial charge on any atom is 0.274 e. The van der Waals surface area contributed by atoms with Crippen molar-refractivity contribution < 1.29 is 9.42 Å². The smallest absolute Gasteiger partial charge is 0.274 e. The molecule has 1 aromatic carbocycles. The first-order chi connectivity index (χ1) is 9.25. The first kappa shape index (κ1) is 11.1. The Morgan fingerprint density at radius 2 is 2.21 bits per heavy atom. The molecule has 0 fully saturated rings. The molecule has 3 aromatic rings. The lowest BCUT2D eigenvalue weighted by Gasteiger charge is -2.03. The molecule has 3 N–H and O–H groups in total. The summed E-state index contributed by atoms with van der Waals surface area (Å²) in [5.41, 5.74) is 6.70. The molecule has 19 heavy (non-hydrogen) atoms. The Morgan fingerprint density at radius 1 is 1.37 bits per heavy atom. The largest absolute Gasteiger partial charge is 0.364 e. The highest BCUT2D eigenvalue weighted by Gasteiger charge is 2.15. The molecule has 2 heterocycles. The van der Waals surface area contributed by atoms with E-state index in [1.807, 2.05) is 24.3 Å². The van der Waals surface area contributed by atoms with E-state index in [1.165, 1.54) is 0 Å². The summed E-state index contributed by atoms with van der Waals surface area (Å²) in [5, 5.41) is 17.8. The van der Waals surface area contributed by atoms with Crippen molar-refractivity contribution in [3.05, 3.63) is 30.0 Å². The number of hydrogen-bond acceptors (Lipinski definition) is 7. The number of benzene rings is 1. The Hall–Kier alpha value is -2.97. The van der Waals surface area contributed by atoms with Crippen molar-refractivity contribution in [1.29, 1.82) is 0 Å². The van der Waals surface area contributed by atoms with Crippen molar-refractivity contribution in [2.45, 2.75) is 6.67 Å². The Balaban J connectivity index is 1.83. The summed E-state index contributed by atoms with van der Waals surface area (Å²) in [5.74, 6) is -0.542. The Labute approximate surface area is 106 Å². The van der Waals surface area contributed by atoms with E-state index in [9.17, 15) is 4.79 Å². The minimum absolute atomic E-state index is 0.0515. The van der Waals surface area contributed by atoms with Crippen LogP contribution in [0.25, 0.3) is 11.0 Å². The van der Waals surface area contributed by atoms with Crippen LogP contribution in [0, 0.1) is 0 Å². The molecule has 9 heteroatoms. The topological polar surface area (TPSA) is 125 Å². The Kier molecular flexibility index (Phi) is 2.56. The summed E-state index contributed by atoms with van der Waals surface area (Å²) in [6, 6.07) is 7.49. The number of nitrogens with one attached hydrogen (secondary N) is 1. The van der Waals surface area contributed by atoms with Gasteiger partial charge in [-0.15, -0.1) is 5.10 Å². The summed E-state index contributed by atoms with van der Waals surface area (Å²) < 4.78 is 6.08. The van der Waals surface area contributed by atoms with Crippen LogP contribution in [0.3, 0.4) is 0 Å². The van der Waals surface area contributed by atoms with Gasteiger partial charge in [0.15, 0.2) is 0 Å². The summed E-state index contributed by atoms with van der Waals surface area (Å²) in [4.78, 5) is 11.0. The van der Waals surface area contributed by atoms with Gasteiger partial charge in [-0.3, -0.25) is 4.79 Å². The molecule has 0 unspecified atom stereocenters. The number of nitrogens with zero attached hydrogens (tertiary/aromatic N) is 5. The van der Waals surface area contributed by atoms with Crippen molar-refractivity contribution in [2.24, 2.45) is 5.73 Å². The van der Waals surface area contributed by atoms with E-state index < -0.39 is 5.91 Å². The van der Waals surface area contributed by atoms with Gasteiger partial charge < -0.3 is 11.1 Å². The summed E-state index contributed by atoms with van der Waals surface area (Å²) in [6.45, 7) is 0.259. The van der Waals surface area contributed by atoms with Crippen LogP contribution in [0.1, 0.15) is 10.5 Å². The number of carbonyl (C=O) groups excluding carboxylic acids is 1. The highest BCUT2D eigenvalue weighted by molar-refractivity contribution is 5.95. The van der Waals surface area contributed by atoms with Crippen LogP contribution in [-0.2, 0) is 6.67 Å². The number of fused-ring (bicyclic) bond motifs is 1. The van der Waals surface area contributed by atoms with Crippen molar-refractivity contribution in [3.63, 3.8) is 0 Å². The third-order valence-corrected chi connectivity index (χ3v) is 2.54. The zero-order valence-electron chi connectivity index (χ0n) is 9.65. The molecular formula is C10H9N7O2. The first-order valence-corrected chi connectivity index (χ1v) is 5.40. The molecule has 1 amide bonds. The molecule has 0 aliphatic rings. The highest BCUT2D eigenvalue weighted by Crippen LogP contribution is 2.12. The van der Waals surface area contributed by atoms with Crippen molar-refractivity contribution in [3.8, 4) is 0 Å². The molecule has 0 radical (unpaired) electrons. The number of aromatic nitrogens is 5. The lowest BCUT2D eigenvalue weighted by atomic mass is 10.3. The zero-order chi connectivity index (χ0) is 13.2. The first-order valence-electron chi connectivity index (χ1n) is 5.40. The van der Waals surface area contributed by atoms with Gasteiger partial charge in [0, 0.05) is 0 Å². The van der Waals surface area contributed by atoms with E-state index in [1.54, 1.807) is 4.68 Å². The van der Waals surface area contributed by atoms with Gasteiger partial charge in [0.1, 0.15) is 12.2 Å². The number of anilines is 1. The molecule has 3 rings (SSSR count). The second-order valence-electron chi connectivity index (χ2n) is 3.74. The van der Waals surface area contributed by atoms with E-state index in [-0.39, 0.29) is 18.2 Å². The van der Waals surface area contributed by atoms with Gasteiger partial charge >= 0.3 is 0 Å². The summed E-state index contributed by atoms with van der Waals surface area (Å²) in [6.07, 6.45) is 0. The quantitative estimate of drug-likeness (QED) is 0.674. The Morgan fingerprint density at radius 3 is 3.05 bits per heavy atom. The van der Waals surface area contributed by atoms with E-state index in [0.717, 1.165) is 11.0 Å². The molecule has 0 saturated carbocycles. The molecule has 0 saturated heterocycles. The Bertz CT molecular complexity index is 732. The van der Waals surface area contributed by atoms with Gasteiger partial charge in [0.05, 0.1) is 5.52 Å². The fourth-order valence-electron chi connectivity index (χ4n) is 1.65. The van der Waals surface area contributed by atoms with E-state index in [0.29, 0.717) is 0 Å². The van der Waals surface area contributed by atoms with Gasteiger partial charge in [0.2, 0.25) is 11.5 Å². The van der Waals surface area contributed by atoms with Crippen LogP contribution in [0.5, 0.6) is 0 Å². The van der Waals surface area contributed by atoms with E-state index >= 15 is 0 Å². The molecule has 96 valence electrons. The number of nitrogens with two attached hydrogens (primary N) is 1. The van der Waals surface area contributed by atoms with Crippen LogP contribution < -0.4 is 11.1 Å². The van der Waals surface area contributed by atoms with Crippen LogP contribution >= 0.6 is 0 Å². The predicted octanol–water partition coefficient (Wildman–Crippen LogP) is -0.0172. The minimum atomic E-state index is -0.716. The van der Waals surface area contributed by atoms with E-state index in [4.69, 9.17) is 5.73 Å². The van der Waals surface area contributed by atoms with Gasteiger partial charge in [-0.25, -0.2) is 9.31 Å². The molecule has 0 aliphatic heterocycles. The molecular weight excluding hydrogens is 250 g/mol. The fraction of sp³-hybridized carbons (Fsp3) is 0.100. The van der Waals surface area contributed by atoms with Crippen LogP contribution in [0.4, 0.5) is 5.82 Å². The van der Waals surface area contributed by atoms with Crippen molar-refractivity contribution in [1.82, 2.24) is 25.3 Å². The number of carbonyl (C=O) groups is 1. The average molecular weight is 259 g/mol. The van der Waals surface area contributed by atoms with Crippen molar-refractivity contribution >= 4 is 22.8 Å². The molecule has 0 atom stereocenters. The summed E-state index contributed by atoms with van der Waals surface area (Å²) >= 11 is 0. The van der Waals surface area contributed by atoms with Gasteiger partial charge in [0.25, 0.3) is 5.91 Å². The van der Waals surface area contributed by atoms with Crippen LogP contribution in [-0.4, -0.2) is 31.2 Å². The van der Waals surface area contributed by atoms with Gasteiger partial charge in [-0.2, -0.15) is 0 Å². The third-order valence-electron chi connectivity index (χ3n) is 2.54. The minimum Gasteiger partial charge on any atom is -0.364 e. The van der Waals surface area contributed by atoms with E-state index in [2.05, 4.69) is 30.6 Å². The predicted molar refractivity (Wildman–Crippen MR) is 64.0 cm³/mol. The second kappa shape index (κ2) is 4.37. The number of rotatable bonds is 4. The normalized spacial score (nSPS) is 10.7. The maximum absolute atomic E-state index is 11.0. The molecule has 0 spiro atoms. The van der Waals surface area contributed by atoms with Gasteiger partial charge in [-0.1, -0.05) is 17.3 Å². The molecule has 0 aliphatic carbocycles. The fourth-order valence-corrected chi connectivity index (χ4v) is 1.65. The number of primary amides is 1. The molecule has 9 nitrogen and oxygen atoms in total. The number of para-hydroxylation sites is 1. The third kappa shape index (κ3) is 1.97. The zero-order valence-corrected chi connectivity index (χ0v) is 9.65. The lowest BCUT2D eigenvalue weighted by molar-refractivity contribution is 0.0991. The SMILES string of the molecule is NC(=O)c1nonc1NCn1nnc2ccccc21. The van der Waals surface area contributed by atoms with Crippen LogP contribution in [0.2, 0.25) is 0 Å². The standard InChI is InChI=1S/C10H9N7O2/c11-9(18)8-10(15-19-14-8)12-5-17-7-4-2-1-3-6(7)13-16-17/h1-4H,5H2,(H2,11,18)(H,12,15). The summed E-state index contributed by atoms with van der Waals surface area (Å²) in [7, 11) is 0. The van der Waals surface area contributed by atoms with Crippen molar-refractivity contribution in [2.75, 3.05) is 5.32 Å². The second-order valence-corrected chi connectivity index (χ2v) is 3.74. The number of amides is 1. The maximum atomic E-state index is 11.0. The lowest BCUT2D eigenvalue weighted by Crippen LogP contribution is -2.16. The van der Waals surface area contributed by atoms with Crippen LogP contribution in [0.15, 0.2) is 28.9 Å². The van der Waals surface area contributed by atoms with Gasteiger partial charge in [-0.05, 0) is 22.4 Å². The number of hydrogen-bond donors (Lipinski definition) is 2. The molecule has 2 aromatic heterocycles.